The highest BCUT2D eigenvalue weighted by Gasteiger charge is 2.24. The van der Waals surface area contributed by atoms with Gasteiger partial charge >= 0.3 is 0 Å². The molecule has 1 heterocycles. The highest BCUT2D eigenvalue weighted by Crippen LogP contribution is 2.31. The van der Waals surface area contributed by atoms with Gasteiger partial charge in [0.15, 0.2) is 0 Å². The average Bonchev–Trinajstić information content (AvgIpc) is 3.42. The van der Waals surface area contributed by atoms with E-state index in [-0.39, 0.29) is 16.8 Å². The summed E-state index contributed by atoms with van der Waals surface area (Å²) in [5, 5.41) is 5.04. The second-order valence-electron chi connectivity index (χ2n) is 7.50. The van der Waals surface area contributed by atoms with Gasteiger partial charge in [0.2, 0.25) is 0 Å². The SMILES string of the molecule is COc1ccccc1N(C)S(=O)(=O)c1ccc(C(=O)N[C@@H](c2ccccc2)c2cccs2)cc1. The summed E-state index contributed by atoms with van der Waals surface area (Å²) < 4.78 is 32.8. The van der Waals surface area contributed by atoms with Crippen LogP contribution in [-0.4, -0.2) is 28.5 Å². The van der Waals surface area contributed by atoms with Crippen molar-refractivity contribution < 1.29 is 17.9 Å². The van der Waals surface area contributed by atoms with Crippen molar-refractivity contribution >= 4 is 33.0 Å². The van der Waals surface area contributed by atoms with E-state index >= 15 is 0 Å². The van der Waals surface area contributed by atoms with Crippen molar-refractivity contribution in [2.24, 2.45) is 0 Å². The van der Waals surface area contributed by atoms with E-state index in [0.29, 0.717) is 17.0 Å². The molecule has 0 radical (unpaired) electrons. The number of rotatable bonds is 8. The van der Waals surface area contributed by atoms with Crippen molar-refractivity contribution in [3.05, 3.63) is 112 Å². The van der Waals surface area contributed by atoms with Crippen LogP contribution in [0.4, 0.5) is 5.69 Å². The zero-order valence-electron chi connectivity index (χ0n) is 18.7. The summed E-state index contributed by atoms with van der Waals surface area (Å²) in [6, 6.07) is 26.2. The molecular weight excluding hydrogens is 468 g/mol. The Hall–Kier alpha value is -3.62. The Labute approximate surface area is 203 Å². The summed E-state index contributed by atoms with van der Waals surface area (Å²) in [5.74, 6) is 0.161. The van der Waals surface area contributed by atoms with Crippen LogP contribution in [0.1, 0.15) is 26.8 Å². The number of hydrogen-bond acceptors (Lipinski definition) is 5. The van der Waals surface area contributed by atoms with Gasteiger partial charge in [-0.1, -0.05) is 48.5 Å². The first kappa shape index (κ1) is 23.5. The Morgan fingerprint density at radius 1 is 0.912 bits per heavy atom. The van der Waals surface area contributed by atoms with Crippen molar-refractivity contribution in [2.45, 2.75) is 10.9 Å². The number of methoxy groups -OCH3 is 1. The van der Waals surface area contributed by atoms with E-state index in [4.69, 9.17) is 4.74 Å². The fraction of sp³-hybridized carbons (Fsp3) is 0.115. The summed E-state index contributed by atoms with van der Waals surface area (Å²) >= 11 is 1.56. The quantitative estimate of drug-likeness (QED) is 0.371. The van der Waals surface area contributed by atoms with Gasteiger partial charge < -0.3 is 10.1 Å². The maximum Gasteiger partial charge on any atom is 0.264 e. The van der Waals surface area contributed by atoms with Gasteiger partial charge in [-0.2, -0.15) is 0 Å². The van der Waals surface area contributed by atoms with Gasteiger partial charge in [0.25, 0.3) is 15.9 Å². The van der Waals surface area contributed by atoms with Crippen molar-refractivity contribution in [3.8, 4) is 5.75 Å². The van der Waals surface area contributed by atoms with Gasteiger partial charge in [0, 0.05) is 17.5 Å². The number of nitrogens with one attached hydrogen (secondary N) is 1. The molecule has 0 aliphatic carbocycles. The molecule has 1 aromatic heterocycles. The number of benzene rings is 3. The molecule has 4 rings (SSSR count). The van der Waals surface area contributed by atoms with Gasteiger partial charge in [0.1, 0.15) is 5.75 Å². The number of para-hydroxylation sites is 2. The van der Waals surface area contributed by atoms with E-state index in [1.165, 1.54) is 42.7 Å². The van der Waals surface area contributed by atoms with Crippen molar-refractivity contribution in [2.75, 3.05) is 18.5 Å². The zero-order valence-corrected chi connectivity index (χ0v) is 20.3. The molecule has 8 heteroatoms. The molecule has 34 heavy (non-hydrogen) atoms. The molecule has 0 saturated heterocycles. The zero-order chi connectivity index (χ0) is 24.1. The number of ether oxygens (including phenoxy) is 1. The van der Waals surface area contributed by atoms with E-state index in [9.17, 15) is 13.2 Å². The van der Waals surface area contributed by atoms with Crippen molar-refractivity contribution in [1.29, 1.82) is 0 Å². The lowest BCUT2D eigenvalue weighted by Crippen LogP contribution is -2.29. The largest absolute Gasteiger partial charge is 0.495 e. The van der Waals surface area contributed by atoms with Gasteiger partial charge in [0.05, 0.1) is 23.7 Å². The van der Waals surface area contributed by atoms with Crippen LogP contribution in [0.5, 0.6) is 5.75 Å². The lowest BCUT2D eigenvalue weighted by molar-refractivity contribution is 0.0943. The highest BCUT2D eigenvalue weighted by atomic mass is 32.2. The van der Waals surface area contributed by atoms with Crippen LogP contribution in [-0.2, 0) is 10.0 Å². The van der Waals surface area contributed by atoms with Crippen LogP contribution in [0.25, 0.3) is 0 Å². The number of anilines is 1. The first-order valence-corrected chi connectivity index (χ1v) is 12.8. The van der Waals surface area contributed by atoms with Crippen LogP contribution in [0.3, 0.4) is 0 Å². The molecule has 0 bridgehead atoms. The number of carbonyl (C=O) groups excluding carboxylic acids is 1. The maximum absolute atomic E-state index is 13.2. The van der Waals surface area contributed by atoms with E-state index in [2.05, 4.69) is 5.32 Å². The van der Waals surface area contributed by atoms with Crippen molar-refractivity contribution in [1.82, 2.24) is 5.32 Å². The molecule has 0 aliphatic rings. The predicted molar refractivity (Wildman–Crippen MR) is 135 cm³/mol. The average molecular weight is 493 g/mol. The minimum atomic E-state index is -3.85. The fourth-order valence-corrected chi connectivity index (χ4v) is 5.60. The molecule has 0 fully saturated rings. The van der Waals surface area contributed by atoms with E-state index in [0.717, 1.165) is 10.4 Å². The van der Waals surface area contributed by atoms with E-state index in [1.54, 1.807) is 35.6 Å². The Morgan fingerprint density at radius 2 is 1.59 bits per heavy atom. The first-order chi connectivity index (χ1) is 16.4. The first-order valence-electron chi connectivity index (χ1n) is 10.5. The summed E-state index contributed by atoms with van der Waals surface area (Å²) in [7, 11) is -0.882. The van der Waals surface area contributed by atoms with Crippen LogP contribution in [0, 0.1) is 0 Å². The number of hydrogen-bond donors (Lipinski definition) is 1. The van der Waals surface area contributed by atoms with Crippen LogP contribution >= 0.6 is 11.3 Å². The van der Waals surface area contributed by atoms with Gasteiger partial charge in [-0.3, -0.25) is 9.10 Å². The Balaban J connectivity index is 1.56. The van der Waals surface area contributed by atoms with Crippen LogP contribution in [0.15, 0.2) is 101 Å². The lowest BCUT2D eigenvalue weighted by Gasteiger charge is -2.22. The number of amides is 1. The normalized spacial score (nSPS) is 12.1. The fourth-order valence-electron chi connectivity index (χ4n) is 3.59. The smallest absolute Gasteiger partial charge is 0.264 e. The Kier molecular flexibility index (Phi) is 7.00. The van der Waals surface area contributed by atoms with Gasteiger partial charge in [-0.15, -0.1) is 11.3 Å². The van der Waals surface area contributed by atoms with E-state index < -0.39 is 10.0 Å². The van der Waals surface area contributed by atoms with Gasteiger partial charge in [-0.05, 0) is 53.4 Å². The third-order valence-corrected chi connectivity index (χ3v) is 8.16. The molecule has 0 aliphatic heterocycles. The Bertz CT molecular complexity index is 1350. The molecule has 0 unspecified atom stereocenters. The molecule has 1 N–H and O–H groups in total. The lowest BCUT2D eigenvalue weighted by atomic mass is 10.0. The standard InChI is InChI=1S/C26H24N2O4S2/c1-28(22-11-6-7-12-23(22)32-2)34(30,31)21-16-14-20(15-17-21)26(29)27-25(24-13-8-18-33-24)19-9-4-3-5-10-19/h3-18,25H,1-2H3,(H,27,29)/t25-/m0/s1. The number of nitrogens with zero attached hydrogens (tertiary/aromatic N) is 1. The Morgan fingerprint density at radius 3 is 2.24 bits per heavy atom. The monoisotopic (exact) mass is 492 g/mol. The van der Waals surface area contributed by atoms with Crippen molar-refractivity contribution in [3.63, 3.8) is 0 Å². The maximum atomic E-state index is 13.2. The summed E-state index contributed by atoms with van der Waals surface area (Å²) in [6.45, 7) is 0. The molecule has 0 spiro atoms. The minimum Gasteiger partial charge on any atom is -0.495 e. The molecule has 0 saturated carbocycles. The molecule has 3 aromatic carbocycles. The third-order valence-electron chi connectivity index (χ3n) is 5.44. The molecule has 6 nitrogen and oxygen atoms in total. The summed E-state index contributed by atoms with van der Waals surface area (Å²) in [5.41, 5.74) is 1.76. The summed E-state index contributed by atoms with van der Waals surface area (Å²) in [4.78, 5) is 14.1. The van der Waals surface area contributed by atoms with Crippen LogP contribution < -0.4 is 14.4 Å². The molecular formula is C26H24N2O4S2. The van der Waals surface area contributed by atoms with Crippen LogP contribution in [0.2, 0.25) is 0 Å². The predicted octanol–water partition coefficient (Wildman–Crippen LogP) is 5.10. The molecule has 1 atom stereocenters. The molecule has 1 amide bonds. The highest BCUT2D eigenvalue weighted by molar-refractivity contribution is 7.92. The number of thiophene rings is 1. The number of sulfonamides is 1. The number of carbonyl (C=O) groups is 1. The summed E-state index contributed by atoms with van der Waals surface area (Å²) in [6.07, 6.45) is 0. The van der Waals surface area contributed by atoms with E-state index in [1.807, 2.05) is 47.8 Å². The minimum absolute atomic E-state index is 0.0790. The second kappa shape index (κ2) is 10.1. The topological polar surface area (TPSA) is 75.7 Å². The van der Waals surface area contributed by atoms with Gasteiger partial charge in [-0.25, -0.2) is 8.42 Å². The molecule has 174 valence electrons. The molecule has 4 aromatic rings. The third kappa shape index (κ3) is 4.83. The second-order valence-corrected chi connectivity index (χ2v) is 10.4.